The molecule has 4 nitrogen and oxygen atoms in total. The lowest BCUT2D eigenvalue weighted by Crippen LogP contribution is -2.48. The number of benzene rings is 1. The summed E-state index contributed by atoms with van der Waals surface area (Å²) in [5.41, 5.74) is 0.748. The molecule has 120 valence electrons. The van der Waals surface area contributed by atoms with Crippen LogP contribution in [0.4, 0.5) is 0 Å². The van der Waals surface area contributed by atoms with E-state index in [2.05, 4.69) is 18.9 Å². The maximum absolute atomic E-state index is 12.9. The van der Waals surface area contributed by atoms with Gasteiger partial charge in [0.05, 0.1) is 24.3 Å². The van der Waals surface area contributed by atoms with Gasteiger partial charge >= 0.3 is 0 Å². The standard InChI is InChI=1S/C16H21ClN2O2S/c1-3-22-15-8-11(17)4-5-12(15)16(20)19-9-13-14(10-19)21-7-6-18(13)2/h4-5,8,13-14H,3,6-7,9-10H2,1-2H3/t13-,14+/m1/s1. The van der Waals surface area contributed by atoms with E-state index in [0.717, 1.165) is 35.9 Å². The van der Waals surface area contributed by atoms with Crippen LogP contribution in [0.15, 0.2) is 23.1 Å². The maximum atomic E-state index is 12.9. The van der Waals surface area contributed by atoms with Gasteiger partial charge in [0, 0.05) is 29.6 Å². The minimum atomic E-state index is 0.0824. The lowest BCUT2D eigenvalue weighted by molar-refractivity contribution is -0.0368. The fourth-order valence-corrected chi connectivity index (χ4v) is 4.21. The molecule has 0 radical (unpaired) electrons. The number of likely N-dealkylation sites (tertiary alicyclic amines) is 1. The van der Waals surface area contributed by atoms with Gasteiger partial charge in [-0.25, -0.2) is 0 Å². The van der Waals surface area contributed by atoms with Crippen molar-refractivity contribution in [3.05, 3.63) is 28.8 Å². The molecule has 0 unspecified atom stereocenters. The Morgan fingerprint density at radius 3 is 3.00 bits per heavy atom. The molecule has 6 heteroatoms. The van der Waals surface area contributed by atoms with E-state index in [9.17, 15) is 4.79 Å². The lowest BCUT2D eigenvalue weighted by atomic mass is 10.1. The number of amides is 1. The van der Waals surface area contributed by atoms with E-state index in [4.69, 9.17) is 16.3 Å². The Balaban J connectivity index is 1.80. The summed E-state index contributed by atoms with van der Waals surface area (Å²) in [6, 6.07) is 5.83. The highest BCUT2D eigenvalue weighted by Gasteiger charge is 2.40. The summed E-state index contributed by atoms with van der Waals surface area (Å²) >= 11 is 7.73. The first kappa shape index (κ1) is 16.1. The Labute approximate surface area is 140 Å². The number of likely N-dealkylation sites (N-methyl/N-ethyl adjacent to an activating group) is 1. The summed E-state index contributed by atoms with van der Waals surface area (Å²) in [6.45, 7) is 5.16. The molecular weight excluding hydrogens is 320 g/mol. The van der Waals surface area contributed by atoms with Crippen LogP contribution in [-0.2, 0) is 4.74 Å². The molecule has 2 atom stereocenters. The molecule has 1 amide bonds. The summed E-state index contributed by atoms with van der Waals surface area (Å²) in [5.74, 6) is 0.997. The highest BCUT2D eigenvalue weighted by molar-refractivity contribution is 7.99. The molecule has 2 saturated heterocycles. The number of hydrogen-bond donors (Lipinski definition) is 0. The lowest BCUT2D eigenvalue weighted by Gasteiger charge is -2.33. The third-order valence-electron chi connectivity index (χ3n) is 4.34. The van der Waals surface area contributed by atoms with Gasteiger partial charge in [-0.3, -0.25) is 9.69 Å². The number of ether oxygens (including phenoxy) is 1. The smallest absolute Gasteiger partial charge is 0.255 e. The van der Waals surface area contributed by atoms with Gasteiger partial charge in [-0.05, 0) is 31.0 Å². The summed E-state index contributed by atoms with van der Waals surface area (Å²) in [4.78, 5) is 18.1. The molecule has 0 aliphatic carbocycles. The molecule has 0 spiro atoms. The predicted octanol–water partition coefficient (Wildman–Crippen LogP) is 2.61. The number of nitrogens with zero attached hydrogens (tertiary/aromatic N) is 2. The van der Waals surface area contributed by atoms with E-state index >= 15 is 0 Å². The van der Waals surface area contributed by atoms with Crippen molar-refractivity contribution in [2.45, 2.75) is 24.0 Å². The van der Waals surface area contributed by atoms with Gasteiger partial charge in [-0.15, -0.1) is 11.8 Å². The third kappa shape index (κ3) is 3.13. The quantitative estimate of drug-likeness (QED) is 0.792. The molecule has 1 aromatic carbocycles. The van der Waals surface area contributed by atoms with Gasteiger partial charge in [0.15, 0.2) is 0 Å². The highest BCUT2D eigenvalue weighted by atomic mass is 35.5. The zero-order valence-corrected chi connectivity index (χ0v) is 14.5. The molecule has 2 heterocycles. The van der Waals surface area contributed by atoms with Crippen LogP contribution in [0, 0.1) is 0 Å². The summed E-state index contributed by atoms with van der Waals surface area (Å²) < 4.78 is 5.82. The number of rotatable bonds is 3. The zero-order valence-electron chi connectivity index (χ0n) is 12.9. The molecule has 0 saturated carbocycles. The second-order valence-electron chi connectivity index (χ2n) is 5.74. The van der Waals surface area contributed by atoms with Crippen molar-refractivity contribution < 1.29 is 9.53 Å². The highest BCUT2D eigenvalue weighted by Crippen LogP contribution is 2.29. The Morgan fingerprint density at radius 1 is 1.45 bits per heavy atom. The van der Waals surface area contributed by atoms with Crippen molar-refractivity contribution >= 4 is 29.3 Å². The molecule has 2 aliphatic heterocycles. The van der Waals surface area contributed by atoms with Gasteiger partial charge in [-0.2, -0.15) is 0 Å². The van der Waals surface area contributed by atoms with Crippen molar-refractivity contribution in [2.75, 3.05) is 39.0 Å². The molecule has 1 aromatic rings. The maximum Gasteiger partial charge on any atom is 0.255 e. The first-order chi connectivity index (χ1) is 10.6. The fourth-order valence-electron chi connectivity index (χ4n) is 3.14. The number of morpholine rings is 1. The summed E-state index contributed by atoms with van der Waals surface area (Å²) in [6.07, 6.45) is 0.136. The summed E-state index contributed by atoms with van der Waals surface area (Å²) in [5, 5.41) is 0.672. The number of carbonyl (C=O) groups is 1. The summed E-state index contributed by atoms with van der Waals surface area (Å²) in [7, 11) is 2.11. The molecule has 2 aliphatic rings. The predicted molar refractivity (Wildman–Crippen MR) is 89.9 cm³/mol. The van der Waals surface area contributed by atoms with Crippen LogP contribution >= 0.6 is 23.4 Å². The third-order valence-corrected chi connectivity index (χ3v) is 5.51. The Hall–Kier alpha value is -0.750. The van der Waals surface area contributed by atoms with E-state index < -0.39 is 0 Å². The van der Waals surface area contributed by atoms with Crippen LogP contribution in [0.2, 0.25) is 5.02 Å². The zero-order chi connectivity index (χ0) is 15.7. The Bertz CT molecular complexity index is 569. The van der Waals surface area contributed by atoms with E-state index in [1.807, 2.05) is 17.0 Å². The molecule has 0 N–H and O–H groups in total. The SMILES string of the molecule is CCSc1cc(Cl)ccc1C(=O)N1C[C@@H]2OCCN(C)[C@@H]2C1. The van der Waals surface area contributed by atoms with E-state index in [0.29, 0.717) is 17.6 Å². The van der Waals surface area contributed by atoms with Gasteiger partial charge in [0.25, 0.3) is 5.91 Å². The Morgan fingerprint density at radius 2 is 2.27 bits per heavy atom. The number of halogens is 1. The largest absolute Gasteiger partial charge is 0.373 e. The molecule has 22 heavy (non-hydrogen) atoms. The topological polar surface area (TPSA) is 32.8 Å². The van der Waals surface area contributed by atoms with Gasteiger partial charge in [0.1, 0.15) is 0 Å². The molecule has 0 aromatic heterocycles. The fraction of sp³-hybridized carbons (Fsp3) is 0.562. The minimum absolute atomic E-state index is 0.0824. The van der Waals surface area contributed by atoms with Crippen molar-refractivity contribution in [3.63, 3.8) is 0 Å². The van der Waals surface area contributed by atoms with Crippen LogP contribution in [0.3, 0.4) is 0 Å². The minimum Gasteiger partial charge on any atom is -0.373 e. The Kier molecular flexibility index (Phi) is 4.97. The first-order valence-corrected chi connectivity index (χ1v) is 9.00. The monoisotopic (exact) mass is 340 g/mol. The number of carbonyl (C=O) groups excluding carboxylic acids is 1. The van der Waals surface area contributed by atoms with Crippen molar-refractivity contribution in [1.82, 2.24) is 9.80 Å². The average Bonchev–Trinajstić information content (AvgIpc) is 2.93. The van der Waals surface area contributed by atoms with E-state index in [1.54, 1.807) is 17.8 Å². The van der Waals surface area contributed by atoms with E-state index in [-0.39, 0.29) is 12.0 Å². The van der Waals surface area contributed by atoms with Crippen LogP contribution < -0.4 is 0 Å². The molecular formula is C16H21ClN2O2S. The van der Waals surface area contributed by atoms with Gasteiger partial charge in [0.2, 0.25) is 0 Å². The normalized spacial score (nSPS) is 25.3. The average molecular weight is 341 g/mol. The van der Waals surface area contributed by atoms with Crippen LogP contribution in [0.5, 0.6) is 0 Å². The van der Waals surface area contributed by atoms with Crippen molar-refractivity contribution in [2.24, 2.45) is 0 Å². The second kappa shape index (κ2) is 6.79. The molecule has 2 fully saturated rings. The van der Waals surface area contributed by atoms with Crippen molar-refractivity contribution in [3.8, 4) is 0 Å². The molecule has 3 rings (SSSR count). The van der Waals surface area contributed by atoms with Crippen LogP contribution in [0.1, 0.15) is 17.3 Å². The van der Waals surface area contributed by atoms with Crippen LogP contribution in [-0.4, -0.2) is 66.9 Å². The van der Waals surface area contributed by atoms with Crippen molar-refractivity contribution in [1.29, 1.82) is 0 Å². The van der Waals surface area contributed by atoms with E-state index in [1.165, 1.54) is 0 Å². The van der Waals surface area contributed by atoms with Gasteiger partial charge in [-0.1, -0.05) is 18.5 Å². The first-order valence-electron chi connectivity index (χ1n) is 7.63. The molecule has 0 bridgehead atoms. The number of hydrogen-bond acceptors (Lipinski definition) is 4. The number of thioether (sulfide) groups is 1. The number of fused-ring (bicyclic) bond motifs is 1. The second-order valence-corrected chi connectivity index (χ2v) is 7.48. The van der Waals surface area contributed by atoms with Crippen LogP contribution in [0.25, 0.3) is 0 Å². The van der Waals surface area contributed by atoms with Gasteiger partial charge < -0.3 is 9.64 Å².